The second kappa shape index (κ2) is 8.52. The van der Waals surface area contributed by atoms with Gasteiger partial charge in [-0.3, -0.25) is 4.79 Å². The molecule has 0 aliphatic rings. The fraction of sp³-hybridized carbons (Fsp3) is 0.182. The van der Waals surface area contributed by atoms with Gasteiger partial charge in [-0.25, -0.2) is 4.98 Å². The third kappa shape index (κ3) is 4.28. The Morgan fingerprint density at radius 3 is 2.71 bits per heavy atom. The van der Waals surface area contributed by atoms with Crippen molar-refractivity contribution in [2.75, 3.05) is 7.11 Å². The molecular weight excluding hydrogens is 357 g/mol. The van der Waals surface area contributed by atoms with Gasteiger partial charge in [0.05, 0.1) is 24.9 Å². The van der Waals surface area contributed by atoms with Gasteiger partial charge in [0.25, 0.3) is 0 Å². The maximum Gasteiger partial charge on any atom is 0.213 e. The van der Waals surface area contributed by atoms with E-state index < -0.39 is 5.95 Å². The standard InChI is InChI=1S/C12H9FN2.C10H13NO2/c1-7-2-3-8-9-5-12(13)14-6-11(9)15-10(8)4-7;1-8(11-7-12)9-4-3-5-10(6-9)13-2/h2-6,15H,1H3;3-8H,1-2H3,(H,11,12). The summed E-state index contributed by atoms with van der Waals surface area (Å²) in [6.45, 7) is 3.95. The molecule has 2 aromatic carbocycles. The Bertz CT molecular complexity index is 1110. The maximum absolute atomic E-state index is 13.0. The molecule has 0 fully saturated rings. The van der Waals surface area contributed by atoms with E-state index in [4.69, 9.17) is 4.74 Å². The summed E-state index contributed by atoms with van der Waals surface area (Å²) in [6.07, 6.45) is 2.23. The van der Waals surface area contributed by atoms with Crippen LogP contribution in [0.5, 0.6) is 5.75 Å². The summed E-state index contributed by atoms with van der Waals surface area (Å²) in [5.74, 6) is 0.362. The van der Waals surface area contributed by atoms with E-state index in [0.717, 1.165) is 33.1 Å². The van der Waals surface area contributed by atoms with Gasteiger partial charge in [-0.15, -0.1) is 0 Å². The molecule has 1 unspecified atom stereocenters. The molecule has 2 heterocycles. The number of hydrogen-bond acceptors (Lipinski definition) is 3. The Kier molecular flexibility index (Phi) is 5.89. The number of benzene rings is 2. The number of fused-ring (bicyclic) bond motifs is 3. The van der Waals surface area contributed by atoms with Gasteiger partial charge in [-0.05, 0) is 43.2 Å². The first kappa shape index (κ1) is 19.4. The van der Waals surface area contributed by atoms with Gasteiger partial charge in [0.15, 0.2) is 0 Å². The third-order valence-corrected chi connectivity index (χ3v) is 4.52. The summed E-state index contributed by atoms with van der Waals surface area (Å²) in [7, 11) is 1.62. The van der Waals surface area contributed by atoms with E-state index >= 15 is 0 Å². The van der Waals surface area contributed by atoms with Crippen molar-refractivity contribution in [3.05, 3.63) is 71.8 Å². The van der Waals surface area contributed by atoms with E-state index in [9.17, 15) is 9.18 Å². The van der Waals surface area contributed by atoms with Crippen molar-refractivity contribution in [3.63, 3.8) is 0 Å². The Labute approximate surface area is 162 Å². The molecular formula is C22H22FN3O2. The van der Waals surface area contributed by atoms with Gasteiger partial charge in [0, 0.05) is 22.4 Å². The fourth-order valence-electron chi connectivity index (χ4n) is 3.00. The maximum atomic E-state index is 13.0. The van der Waals surface area contributed by atoms with E-state index in [2.05, 4.69) is 15.3 Å². The molecule has 4 rings (SSSR count). The number of nitrogens with zero attached hydrogens (tertiary/aromatic N) is 1. The number of carbonyl (C=O) groups is 1. The minimum atomic E-state index is -0.441. The van der Waals surface area contributed by atoms with E-state index in [1.54, 1.807) is 7.11 Å². The third-order valence-electron chi connectivity index (χ3n) is 4.52. The molecule has 2 aromatic heterocycles. The summed E-state index contributed by atoms with van der Waals surface area (Å²) >= 11 is 0. The number of aryl methyl sites for hydroxylation is 1. The zero-order valence-corrected chi connectivity index (χ0v) is 16.0. The first-order valence-corrected chi connectivity index (χ1v) is 8.89. The number of aromatic nitrogens is 2. The van der Waals surface area contributed by atoms with Gasteiger partial charge >= 0.3 is 0 Å². The number of carbonyl (C=O) groups excluding carboxylic acids is 1. The van der Waals surface area contributed by atoms with E-state index in [-0.39, 0.29) is 6.04 Å². The number of aromatic amines is 1. The molecule has 4 aromatic rings. The van der Waals surface area contributed by atoms with E-state index in [1.807, 2.05) is 56.3 Å². The van der Waals surface area contributed by atoms with Gasteiger partial charge in [0.1, 0.15) is 5.75 Å². The zero-order chi connectivity index (χ0) is 20.1. The van der Waals surface area contributed by atoms with Crippen LogP contribution >= 0.6 is 0 Å². The summed E-state index contributed by atoms with van der Waals surface area (Å²) < 4.78 is 18.1. The smallest absolute Gasteiger partial charge is 0.213 e. The number of pyridine rings is 1. The minimum absolute atomic E-state index is 0.0209. The Hall–Kier alpha value is -3.41. The van der Waals surface area contributed by atoms with Crippen LogP contribution in [0.2, 0.25) is 0 Å². The van der Waals surface area contributed by atoms with Crippen molar-refractivity contribution < 1.29 is 13.9 Å². The van der Waals surface area contributed by atoms with Crippen molar-refractivity contribution in [2.24, 2.45) is 0 Å². The van der Waals surface area contributed by atoms with Gasteiger partial charge < -0.3 is 15.0 Å². The number of ether oxygens (including phenoxy) is 1. The van der Waals surface area contributed by atoms with Crippen LogP contribution in [0.1, 0.15) is 24.1 Å². The van der Waals surface area contributed by atoms with Crippen LogP contribution in [0.25, 0.3) is 21.8 Å². The second-order valence-electron chi connectivity index (χ2n) is 6.51. The number of halogens is 1. The Balaban J connectivity index is 0.000000163. The molecule has 0 aliphatic carbocycles. The molecule has 0 spiro atoms. The molecule has 6 heteroatoms. The predicted octanol–water partition coefficient (Wildman–Crippen LogP) is 4.67. The number of amides is 1. The highest BCUT2D eigenvalue weighted by atomic mass is 19.1. The van der Waals surface area contributed by atoms with Crippen LogP contribution in [0.4, 0.5) is 4.39 Å². The van der Waals surface area contributed by atoms with Crippen molar-refractivity contribution in [1.82, 2.24) is 15.3 Å². The lowest BCUT2D eigenvalue weighted by atomic mass is 10.1. The first-order valence-electron chi connectivity index (χ1n) is 8.89. The van der Waals surface area contributed by atoms with Crippen molar-refractivity contribution in [1.29, 1.82) is 0 Å². The number of rotatable bonds is 4. The monoisotopic (exact) mass is 379 g/mol. The quantitative estimate of drug-likeness (QED) is 0.400. The van der Waals surface area contributed by atoms with Crippen LogP contribution in [-0.2, 0) is 4.79 Å². The Morgan fingerprint density at radius 2 is 1.96 bits per heavy atom. The normalized spacial score (nSPS) is 11.6. The van der Waals surface area contributed by atoms with Crippen molar-refractivity contribution >= 4 is 28.2 Å². The molecule has 28 heavy (non-hydrogen) atoms. The molecule has 0 radical (unpaired) electrons. The van der Waals surface area contributed by atoms with Gasteiger partial charge in [-0.1, -0.05) is 24.3 Å². The molecule has 0 saturated carbocycles. The molecule has 0 bridgehead atoms. The number of H-pyrrole nitrogens is 1. The summed E-state index contributed by atoms with van der Waals surface area (Å²) in [5, 5.41) is 4.60. The van der Waals surface area contributed by atoms with Crippen molar-refractivity contribution in [3.8, 4) is 5.75 Å². The van der Waals surface area contributed by atoms with Crippen LogP contribution in [0, 0.1) is 12.9 Å². The number of methoxy groups -OCH3 is 1. The zero-order valence-electron chi connectivity index (χ0n) is 16.0. The topological polar surface area (TPSA) is 67.0 Å². The lowest BCUT2D eigenvalue weighted by Gasteiger charge is -2.11. The lowest BCUT2D eigenvalue weighted by molar-refractivity contribution is -0.110. The highest BCUT2D eigenvalue weighted by Crippen LogP contribution is 2.25. The van der Waals surface area contributed by atoms with Crippen molar-refractivity contribution in [2.45, 2.75) is 19.9 Å². The molecule has 1 amide bonds. The van der Waals surface area contributed by atoms with E-state index in [0.29, 0.717) is 6.41 Å². The molecule has 144 valence electrons. The fourth-order valence-corrected chi connectivity index (χ4v) is 3.00. The SMILES string of the molecule is COc1cccc(C(C)NC=O)c1.Cc1ccc2c(c1)[nH]c1cnc(F)cc12. The predicted molar refractivity (Wildman–Crippen MR) is 109 cm³/mol. The van der Waals surface area contributed by atoms with Crippen LogP contribution in [-0.4, -0.2) is 23.5 Å². The van der Waals surface area contributed by atoms with E-state index in [1.165, 1.54) is 17.8 Å². The van der Waals surface area contributed by atoms with Crippen LogP contribution < -0.4 is 10.1 Å². The molecule has 0 aliphatic heterocycles. The van der Waals surface area contributed by atoms with Crippen LogP contribution in [0.15, 0.2) is 54.7 Å². The molecule has 5 nitrogen and oxygen atoms in total. The summed E-state index contributed by atoms with van der Waals surface area (Å²) in [4.78, 5) is 17.0. The van der Waals surface area contributed by atoms with Gasteiger partial charge in [-0.2, -0.15) is 4.39 Å². The number of hydrogen-bond donors (Lipinski definition) is 2. The number of nitrogens with one attached hydrogen (secondary N) is 2. The first-order chi connectivity index (χ1) is 13.5. The summed E-state index contributed by atoms with van der Waals surface area (Å²) in [5.41, 5.74) is 4.11. The Morgan fingerprint density at radius 1 is 1.14 bits per heavy atom. The molecule has 1 atom stereocenters. The highest BCUT2D eigenvalue weighted by Gasteiger charge is 2.05. The second-order valence-corrected chi connectivity index (χ2v) is 6.51. The minimum Gasteiger partial charge on any atom is -0.497 e. The average molecular weight is 379 g/mol. The molecule has 2 N–H and O–H groups in total. The summed E-state index contributed by atoms with van der Waals surface area (Å²) in [6, 6.07) is 15.2. The molecule has 0 saturated heterocycles. The highest BCUT2D eigenvalue weighted by molar-refractivity contribution is 6.06. The lowest BCUT2D eigenvalue weighted by Crippen LogP contribution is -2.15. The average Bonchev–Trinajstić information content (AvgIpc) is 3.05. The van der Waals surface area contributed by atoms with Gasteiger partial charge in [0.2, 0.25) is 12.4 Å². The largest absolute Gasteiger partial charge is 0.497 e. The van der Waals surface area contributed by atoms with Crippen LogP contribution in [0.3, 0.4) is 0 Å².